The van der Waals surface area contributed by atoms with E-state index in [0.717, 1.165) is 0 Å². The Hall–Kier alpha value is -0.750. The van der Waals surface area contributed by atoms with Crippen molar-refractivity contribution in [1.82, 2.24) is 0 Å². The number of hydrogen-bond acceptors (Lipinski definition) is 4. The van der Waals surface area contributed by atoms with Crippen molar-refractivity contribution in [3.8, 4) is 11.5 Å². The van der Waals surface area contributed by atoms with E-state index in [-0.39, 0.29) is 27.9 Å². The number of hydrogen-bond donors (Lipinski definition) is 2. The van der Waals surface area contributed by atoms with Gasteiger partial charge in [-0.3, -0.25) is 4.79 Å². The molecule has 0 aliphatic carbocycles. The van der Waals surface area contributed by atoms with E-state index >= 15 is 0 Å². The van der Waals surface area contributed by atoms with Crippen molar-refractivity contribution in [3.63, 3.8) is 0 Å². The van der Waals surface area contributed by atoms with Crippen LogP contribution in [0.1, 0.15) is 25.3 Å². The van der Waals surface area contributed by atoms with Gasteiger partial charge in [-0.1, -0.05) is 6.92 Å². The van der Waals surface area contributed by atoms with Gasteiger partial charge in [0.1, 0.15) is 16.0 Å². The third-order valence-corrected chi connectivity index (χ3v) is 4.24. The molecule has 0 amide bonds. The molecular weight excluding hydrogens is 380 g/mol. The van der Waals surface area contributed by atoms with E-state index in [2.05, 4.69) is 36.6 Å². The summed E-state index contributed by atoms with van der Waals surface area (Å²) in [4.78, 5) is 11.1. The monoisotopic (exact) mass is 394 g/mol. The molecule has 1 aromatic carbocycles. The van der Waals surface area contributed by atoms with Crippen LogP contribution in [-0.4, -0.2) is 23.3 Å². The Balaban J connectivity index is 2.74. The molecule has 1 atom stereocenters. The summed E-state index contributed by atoms with van der Waals surface area (Å²) in [6.45, 7) is 2.00. The molecule has 0 bridgehead atoms. The minimum atomic E-state index is -0.232. The second kappa shape index (κ2) is 7.14. The van der Waals surface area contributed by atoms with Gasteiger partial charge < -0.3 is 14.9 Å². The van der Waals surface area contributed by atoms with E-state index in [1.165, 1.54) is 7.11 Å². The van der Waals surface area contributed by atoms with Crippen LogP contribution >= 0.6 is 31.9 Å². The zero-order valence-corrected chi connectivity index (χ0v) is 13.9. The van der Waals surface area contributed by atoms with Crippen LogP contribution in [0, 0.1) is 5.92 Å². The van der Waals surface area contributed by atoms with Gasteiger partial charge in [-0.2, -0.15) is 0 Å². The Bertz CT molecular complexity index is 474. The second-order valence-corrected chi connectivity index (χ2v) is 6.10. The summed E-state index contributed by atoms with van der Waals surface area (Å²) in [6, 6.07) is 1.68. The van der Waals surface area contributed by atoms with Gasteiger partial charge in [-0.05, 0) is 62.2 Å². The molecule has 106 valence electrons. The fourth-order valence-electron chi connectivity index (χ4n) is 1.75. The minimum Gasteiger partial charge on any atom is -0.506 e. The molecule has 0 saturated carbocycles. The van der Waals surface area contributed by atoms with Crippen LogP contribution in [0.5, 0.6) is 11.5 Å². The zero-order chi connectivity index (χ0) is 14.6. The number of phenolic OH excluding ortho intramolecular Hbond substituents is 2. The quantitative estimate of drug-likeness (QED) is 0.745. The fraction of sp³-hybridized carbons (Fsp3) is 0.462. The van der Waals surface area contributed by atoms with Crippen LogP contribution in [0.4, 0.5) is 0 Å². The predicted octanol–water partition coefficient (Wildman–Crippen LogP) is 3.75. The standard InChI is InChI=1S/C13H16Br2O4/c1-7(3-4-10(16)19-2)5-8-6-9(14)13(18)11(15)12(8)17/h6-7,17-18H,3-5H2,1-2H3. The SMILES string of the molecule is COC(=O)CCC(C)Cc1cc(Br)c(O)c(Br)c1O. The number of methoxy groups -OCH3 is 1. The summed E-state index contributed by atoms with van der Waals surface area (Å²) < 4.78 is 5.39. The van der Waals surface area contributed by atoms with Crippen molar-refractivity contribution in [3.05, 3.63) is 20.6 Å². The Kier molecular flexibility index (Phi) is 6.13. The largest absolute Gasteiger partial charge is 0.506 e. The lowest BCUT2D eigenvalue weighted by atomic mass is 9.96. The van der Waals surface area contributed by atoms with E-state index in [0.29, 0.717) is 29.3 Å². The first kappa shape index (κ1) is 16.3. The average Bonchev–Trinajstić information content (AvgIpc) is 2.39. The van der Waals surface area contributed by atoms with Crippen molar-refractivity contribution in [2.24, 2.45) is 5.92 Å². The van der Waals surface area contributed by atoms with E-state index in [4.69, 9.17) is 0 Å². The fourth-order valence-corrected chi connectivity index (χ4v) is 2.96. The van der Waals surface area contributed by atoms with Crippen LogP contribution in [-0.2, 0) is 16.0 Å². The summed E-state index contributed by atoms with van der Waals surface area (Å²) in [5.41, 5.74) is 0.717. The molecule has 4 nitrogen and oxygen atoms in total. The van der Waals surface area contributed by atoms with Crippen molar-refractivity contribution >= 4 is 37.8 Å². The minimum absolute atomic E-state index is 0.0246. The van der Waals surface area contributed by atoms with Gasteiger partial charge in [-0.15, -0.1) is 0 Å². The van der Waals surface area contributed by atoms with Gasteiger partial charge in [-0.25, -0.2) is 0 Å². The summed E-state index contributed by atoms with van der Waals surface area (Å²) in [7, 11) is 1.37. The molecule has 1 rings (SSSR count). The third kappa shape index (κ3) is 4.38. The van der Waals surface area contributed by atoms with Gasteiger partial charge in [0.15, 0.2) is 0 Å². The topological polar surface area (TPSA) is 66.8 Å². The Morgan fingerprint density at radius 1 is 1.37 bits per heavy atom. The number of benzene rings is 1. The molecule has 0 saturated heterocycles. The number of phenols is 2. The highest BCUT2D eigenvalue weighted by molar-refractivity contribution is 9.11. The molecule has 1 aromatic rings. The molecular formula is C13H16Br2O4. The Labute approximate surface area is 129 Å². The van der Waals surface area contributed by atoms with E-state index in [1.54, 1.807) is 6.07 Å². The summed E-state index contributed by atoms with van der Waals surface area (Å²) in [5.74, 6) is -0.00781. The van der Waals surface area contributed by atoms with Gasteiger partial charge in [0.2, 0.25) is 0 Å². The first-order valence-corrected chi connectivity index (χ1v) is 7.41. The number of esters is 1. The molecule has 0 radical (unpaired) electrons. The van der Waals surface area contributed by atoms with Crippen molar-refractivity contribution in [2.75, 3.05) is 7.11 Å². The first-order valence-electron chi connectivity index (χ1n) is 5.82. The van der Waals surface area contributed by atoms with Gasteiger partial charge in [0, 0.05) is 6.42 Å². The maximum absolute atomic E-state index is 11.1. The highest BCUT2D eigenvalue weighted by Gasteiger charge is 2.16. The van der Waals surface area contributed by atoms with Gasteiger partial charge in [0.05, 0.1) is 11.6 Å². The molecule has 19 heavy (non-hydrogen) atoms. The first-order chi connectivity index (χ1) is 8.86. The van der Waals surface area contributed by atoms with Crippen LogP contribution in [0.15, 0.2) is 15.0 Å². The number of rotatable bonds is 5. The van der Waals surface area contributed by atoms with Crippen LogP contribution < -0.4 is 0 Å². The van der Waals surface area contributed by atoms with Gasteiger partial charge >= 0.3 is 5.97 Å². The summed E-state index contributed by atoms with van der Waals surface area (Å²) in [5, 5.41) is 19.6. The summed E-state index contributed by atoms with van der Waals surface area (Å²) in [6.07, 6.45) is 1.65. The van der Waals surface area contributed by atoms with E-state index in [9.17, 15) is 15.0 Å². The Morgan fingerprint density at radius 3 is 2.58 bits per heavy atom. The third-order valence-electron chi connectivity index (χ3n) is 2.88. The van der Waals surface area contributed by atoms with Crippen molar-refractivity contribution in [2.45, 2.75) is 26.2 Å². The highest BCUT2D eigenvalue weighted by atomic mass is 79.9. The van der Waals surface area contributed by atoms with Crippen molar-refractivity contribution in [1.29, 1.82) is 0 Å². The van der Waals surface area contributed by atoms with Crippen LogP contribution in [0.2, 0.25) is 0 Å². The van der Waals surface area contributed by atoms with Crippen LogP contribution in [0.3, 0.4) is 0 Å². The van der Waals surface area contributed by atoms with Crippen molar-refractivity contribution < 1.29 is 19.7 Å². The second-order valence-electron chi connectivity index (χ2n) is 4.45. The molecule has 2 N–H and O–H groups in total. The lowest BCUT2D eigenvalue weighted by Crippen LogP contribution is -2.06. The number of carbonyl (C=O) groups excluding carboxylic acids is 1. The molecule has 0 aliphatic rings. The van der Waals surface area contributed by atoms with E-state index in [1.807, 2.05) is 6.92 Å². The zero-order valence-electron chi connectivity index (χ0n) is 10.7. The molecule has 0 aliphatic heterocycles. The number of carbonyl (C=O) groups is 1. The van der Waals surface area contributed by atoms with E-state index < -0.39 is 0 Å². The van der Waals surface area contributed by atoms with Crippen LogP contribution in [0.25, 0.3) is 0 Å². The van der Waals surface area contributed by atoms with Gasteiger partial charge in [0.25, 0.3) is 0 Å². The smallest absolute Gasteiger partial charge is 0.305 e. The Morgan fingerprint density at radius 2 is 2.00 bits per heavy atom. The average molecular weight is 396 g/mol. The summed E-state index contributed by atoms with van der Waals surface area (Å²) >= 11 is 6.37. The normalized spacial score (nSPS) is 12.2. The molecule has 0 fully saturated rings. The predicted molar refractivity (Wildman–Crippen MR) is 79.3 cm³/mol. The number of ether oxygens (including phenoxy) is 1. The molecule has 0 aromatic heterocycles. The maximum atomic E-state index is 11.1. The highest BCUT2D eigenvalue weighted by Crippen LogP contribution is 2.42. The molecule has 0 heterocycles. The lowest BCUT2D eigenvalue weighted by Gasteiger charge is -2.14. The molecule has 1 unspecified atom stereocenters. The number of aromatic hydroxyl groups is 2. The number of halogens is 2. The molecule has 0 spiro atoms. The lowest BCUT2D eigenvalue weighted by molar-refractivity contribution is -0.140. The maximum Gasteiger partial charge on any atom is 0.305 e. The molecule has 6 heteroatoms.